The molecule has 0 aliphatic rings. The fraction of sp³-hybridized carbons (Fsp3) is 0.400. The maximum Gasteiger partial charge on any atom is 0.191 e. The lowest BCUT2D eigenvalue weighted by atomic mass is 9.84. The summed E-state index contributed by atoms with van der Waals surface area (Å²) in [4.78, 5) is 4.12. The number of aliphatic imine (C=N–C) groups is 1. The van der Waals surface area contributed by atoms with Crippen molar-refractivity contribution in [3.8, 4) is 0 Å². The molecule has 0 saturated heterocycles. The Morgan fingerprint density at radius 3 is 2.47 bits per heavy atom. The van der Waals surface area contributed by atoms with Crippen LogP contribution in [0, 0.1) is 5.82 Å². The van der Waals surface area contributed by atoms with Crippen LogP contribution < -0.4 is 10.6 Å². The maximum absolute atomic E-state index is 12.9. The maximum atomic E-state index is 12.9. The number of nitrogens with one attached hydrogen (secondary N) is 2. The standard InChI is InChI=1S/C15H22FN3/c1-5-10-18-14(17-4)19-11-15(2,3)12-6-8-13(16)9-7-12/h5-9H,1,10-11H2,2-4H3,(H2,17,18,19). The van der Waals surface area contributed by atoms with Gasteiger partial charge in [-0.05, 0) is 17.7 Å². The van der Waals surface area contributed by atoms with Crippen molar-refractivity contribution in [2.75, 3.05) is 20.1 Å². The zero-order valence-corrected chi connectivity index (χ0v) is 11.8. The van der Waals surface area contributed by atoms with E-state index in [9.17, 15) is 4.39 Å². The number of hydrogen-bond donors (Lipinski definition) is 2. The summed E-state index contributed by atoms with van der Waals surface area (Å²) in [6.07, 6.45) is 1.78. The minimum Gasteiger partial charge on any atom is -0.356 e. The van der Waals surface area contributed by atoms with Gasteiger partial charge in [-0.2, -0.15) is 0 Å². The van der Waals surface area contributed by atoms with E-state index in [1.807, 2.05) is 12.1 Å². The zero-order valence-electron chi connectivity index (χ0n) is 11.8. The van der Waals surface area contributed by atoms with Gasteiger partial charge < -0.3 is 10.6 Å². The lowest BCUT2D eigenvalue weighted by molar-refractivity contribution is 0.507. The van der Waals surface area contributed by atoms with Crippen LogP contribution in [0.3, 0.4) is 0 Å². The highest BCUT2D eigenvalue weighted by molar-refractivity contribution is 5.79. The monoisotopic (exact) mass is 263 g/mol. The van der Waals surface area contributed by atoms with Gasteiger partial charge in [-0.15, -0.1) is 6.58 Å². The SMILES string of the molecule is C=CCNC(=NC)NCC(C)(C)c1ccc(F)cc1. The number of benzene rings is 1. The van der Waals surface area contributed by atoms with E-state index in [2.05, 4.69) is 36.1 Å². The Kier molecular flexibility index (Phi) is 5.55. The summed E-state index contributed by atoms with van der Waals surface area (Å²) in [6.45, 7) is 9.23. The third-order valence-corrected chi connectivity index (χ3v) is 2.96. The molecule has 0 radical (unpaired) electrons. The molecule has 1 rings (SSSR count). The van der Waals surface area contributed by atoms with E-state index in [0.717, 1.165) is 11.5 Å². The predicted molar refractivity (Wildman–Crippen MR) is 79.0 cm³/mol. The van der Waals surface area contributed by atoms with Crippen molar-refractivity contribution in [2.45, 2.75) is 19.3 Å². The molecule has 0 spiro atoms. The van der Waals surface area contributed by atoms with Crippen molar-refractivity contribution in [2.24, 2.45) is 4.99 Å². The Balaban J connectivity index is 2.63. The average Bonchev–Trinajstić information content (AvgIpc) is 2.39. The van der Waals surface area contributed by atoms with E-state index in [4.69, 9.17) is 0 Å². The van der Waals surface area contributed by atoms with Gasteiger partial charge >= 0.3 is 0 Å². The summed E-state index contributed by atoms with van der Waals surface area (Å²) in [6, 6.07) is 6.61. The molecule has 19 heavy (non-hydrogen) atoms. The third kappa shape index (κ3) is 4.73. The molecule has 0 aliphatic carbocycles. The minimum atomic E-state index is -0.212. The van der Waals surface area contributed by atoms with Crippen molar-refractivity contribution in [3.63, 3.8) is 0 Å². The summed E-state index contributed by atoms with van der Waals surface area (Å²) in [5.74, 6) is 0.519. The molecule has 3 nitrogen and oxygen atoms in total. The molecule has 0 aliphatic heterocycles. The highest BCUT2D eigenvalue weighted by Crippen LogP contribution is 2.22. The van der Waals surface area contributed by atoms with E-state index in [1.165, 1.54) is 12.1 Å². The average molecular weight is 263 g/mol. The largest absolute Gasteiger partial charge is 0.356 e. The van der Waals surface area contributed by atoms with Gasteiger partial charge in [0.25, 0.3) is 0 Å². The number of guanidine groups is 1. The van der Waals surface area contributed by atoms with Crippen LogP contribution in [-0.2, 0) is 5.41 Å². The van der Waals surface area contributed by atoms with Gasteiger partial charge in [0.2, 0.25) is 0 Å². The van der Waals surface area contributed by atoms with Gasteiger partial charge in [-0.25, -0.2) is 4.39 Å². The highest BCUT2D eigenvalue weighted by Gasteiger charge is 2.20. The second-order valence-electron chi connectivity index (χ2n) is 4.99. The molecule has 0 unspecified atom stereocenters. The fourth-order valence-electron chi connectivity index (χ4n) is 1.70. The van der Waals surface area contributed by atoms with Gasteiger partial charge in [-0.1, -0.05) is 32.1 Å². The summed E-state index contributed by atoms with van der Waals surface area (Å²) >= 11 is 0. The van der Waals surface area contributed by atoms with Gasteiger partial charge in [0.1, 0.15) is 5.82 Å². The molecule has 0 aromatic heterocycles. The van der Waals surface area contributed by atoms with Gasteiger partial charge in [0.05, 0.1) is 0 Å². The lowest BCUT2D eigenvalue weighted by Gasteiger charge is -2.26. The van der Waals surface area contributed by atoms with Crippen LogP contribution in [0.25, 0.3) is 0 Å². The Hall–Kier alpha value is -1.84. The Labute approximate surface area is 114 Å². The van der Waals surface area contributed by atoms with Crippen molar-refractivity contribution in [1.29, 1.82) is 0 Å². The van der Waals surface area contributed by atoms with Crippen LogP contribution >= 0.6 is 0 Å². The number of nitrogens with zero attached hydrogens (tertiary/aromatic N) is 1. The molecule has 104 valence electrons. The molecule has 0 heterocycles. The van der Waals surface area contributed by atoms with E-state index in [0.29, 0.717) is 13.1 Å². The highest BCUT2D eigenvalue weighted by atomic mass is 19.1. The molecule has 1 aromatic carbocycles. The molecule has 0 saturated carbocycles. The van der Waals surface area contributed by atoms with Crippen molar-refractivity contribution >= 4 is 5.96 Å². The topological polar surface area (TPSA) is 36.4 Å². The first-order valence-electron chi connectivity index (χ1n) is 6.31. The number of halogens is 1. The van der Waals surface area contributed by atoms with E-state index in [1.54, 1.807) is 13.1 Å². The van der Waals surface area contributed by atoms with Gasteiger partial charge in [0, 0.05) is 25.6 Å². The first kappa shape index (κ1) is 15.2. The van der Waals surface area contributed by atoms with Crippen LogP contribution in [0.2, 0.25) is 0 Å². The normalized spacial score (nSPS) is 12.1. The Morgan fingerprint density at radius 2 is 1.95 bits per heavy atom. The second kappa shape index (κ2) is 6.92. The van der Waals surface area contributed by atoms with Crippen molar-refractivity contribution in [3.05, 3.63) is 48.3 Å². The van der Waals surface area contributed by atoms with Crippen molar-refractivity contribution in [1.82, 2.24) is 10.6 Å². The molecule has 0 atom stereocenters. The van der Waals surface area contributed by atoms with Crippen LogP contribution in [0.4, 0.5) is 4.39 Å². The molecule has 4 heteroatoms. The minimum absolute atomic E-state index is 0.112. The predicted octanol–water partition coefficient (Wildman–Crippen LogP) is 2.45. The van der Waals surface area contributed by atoms with E-state index < -0.39 is 0 Å². The van der Waals surface area contributed by atoms with Crippen LogP contribution in [-0.4, -0.2) is 26.1 Å². The van der Waals surface area contributed by atoms with Crippen LogP contribution in [0.15, 0.2) is 41.9 Å². The van der Waals surface area contributed by atoms with E-state index in [-0.39, 0.29) is 11.2 Å². The Morgan fingerprint density at radius 1 is 1.32 bits per heavy atom. The fourth-order valence-corrected chi connectivity index (χ4v) is 1.70. The molecule has 0 fully saturated rings. The molecule has 2 N–H and O–H groups in total. The zero-order chi connectivity index (χ0) is 14.3. The number of hydrogen-bond acceptors (Lipinski definition) is 1. The van der Waals surface area contributed by atoms with Crippen LogP contribution in [0.5, 0.6) is 0 Å². The summed E-state index contributed by atoms with van der Waals surface area (Å²) in [5, 5.41) is 6.37. The molecular formula is C15H22FN3. The lowest BCUT2D eigenvalue weighted by Crippen LogP contribution is -2.43. The van der Waals surface area contributed by atoms with Gasteiger partial charge in [-0.3, -0.25) is 4.99 Å². The summed E-state index contributed by atoms with van der Waals surface area (Å²) < 4.78 is 12.9. The second-order valence-corrected chi connectivity index (χ2v) is 4.99. The first-order chi connectivity index (χ1) is 8.99. The first-order valence-corrected chi connectivity index (χ1v) is 6.31. The summed E-state index contributed by atoms with van der Waals surface area (Å²) in [5.41, 5.74) is 0.972. The smallest absolute Gasteiger partial charge is 0.191 e. The van der Waals surface area contributed by atoms with Gasteiger partial charge in [0.15, 0.2) is 5.96 Å². The molecule has 1 aromatic rings. The molecule has 0 bridgehead atoms. The molecular weight excluding hydrogens is 241 g/mol. The van der Waals surface area contributed by atoms with E-state index >= 15 is 0 Å². The summed E-state index contributed by atoms with van der Waals surface area (Å²) in [7, 11) is 1.73. The van der Waals surface area contributed by atoms with Crippen molar-refractivity contribution < 1.29 is 4.39 Å². The number of rotatable bonds is 5. The molecule has 0 amide bonds. The Bertz CT molecular complexity index is 435. The quantitative estimate of drug-likeness (QED) is 0.486. The van der Waals surface area contributed by atoms with Crippen LogP contribution in [0.1, 0.15) is 19.4 Å². The third-order valence-electron chi connectivity index (χ3n) is 2.96.